The molecule has 1 aliphatic rings. The lowest BCUT2D eigenvalue weighted by Crippen LogP contribution is -2.32. The molecule has 0 aliphatic heterocycles. The summed E-state index contributed by atoms with van der Waals surface area (Å²) in [6.45, 7) is 9.16. The fourth-order valence-electron chi connectivity index (χ4n) is 2.22. The molecule has 0 heterocycles. The maximum atomic E-state index is 12.2. The molecule has 1 saturated carbocycles. The lowest BCUT2D eigenvalue weighted by molar-refractivity contribution is -0.134. The van der Waals surface area contributed by atoms with Gasteiger partial charge < -0.3 is 4.74 Å². The molecule has 0 amide bonds. The molecule has 1 atom stereocenters. The van der Waals surface area contributed by atoms with E-state index in [1.807, 2.05) is 0 Å². The van der Waals surface area contributed by atoms with Gasteiger partial charge in [-0.1, -0.05) is 47.0 Å². The highest BCUT2D eigenvalue weighted by molar-refractivity contribution is 5.83. The van der Waals surface area contributed by atoms with Crippen LogP contribution in [0.25, 0.3) is 0 Å². The van der Waals surface area contributed by atoms with Crippen molar-refractivity contribution in [3.05, 3.63) is 0 Å². The largest absolute Gasteiger partial charge is 0.370 e. The molecule has 1 aliphatic carbocycles. The molecule has 1 rings (SSSR count). The van der Waals surface area contributed by atoms with Crippen LogP contribution in [0.5, 0.6) is 0 Å². The van der Waals surface area contributed by atoms with Crippen molar-refractivity contribution in [3.8, 4) is 0 Å². The minimum atomic E-state index is -0.139. The number of rotatable bonds is 7. The van der Waals surface area contributed by atoms with Gasteiger partial charge in [0.2, 0.25) is 0 Å². The van der Waals surface area contributed by atoms with E-state index < -0.39 is 0 Å². The van der Waals surface area contributed by atoms with E-state index in [0.717, 1.165) is 18.8 Å². The first-order chi connectivity index (χ1) is 7.92. The summed E-state index contributed by atoms with van der Waals surface area (Å²) >= 11 is 0. The Morgan fingerprint density at radius 1 is 1.35 bits per heavy atom. The van der Waals surface area contributed by atoms with Gasteiger partial charge >= 0.3 is 0 Å². The minimum Gasteiger partial charge on any atom is -0.370 e. The summed E-state index contributed by atoms with van der Waals surface area (Å²) in [5.74, 6) is 1.04. The zero-order valence-electron chi connectivity index (χ0n) is 11.9. The van der Waals surface area contributed by atoms with Crippen LogP contribution in [0, 0.1) is 11.3 Å². The normalized spacial score (nSPS) is 18.8. The summed E-state index contributed by atoms with van der Waals surface area (Å²) in [5.41, 5.74) is 0.0739. The first-order valence-corrected chi connectivity index (χ1v) is 7.06. The smallest absolute Gasteiger partial charge is 0.162 e. The third-order valence-electron chi connectivity index (χ3n) is 3.36. The summed E-state index contributed by atoms with van der Waals surface area (Å²) in [6.07, 6.45) is 6.34. The van der Waals surface area contributed by atoms with Crippen LogP contribution in [0.2, 0.25) is 0 Å². The third kappa shape index (κ3) is 5.67. The summed E-state index contributed by atoms with van der Waals surface area (Å²) < 4.78 is 5.76. The zero-order chi connectivity index (χ0) is 12.9. The number of ether oxygens (including phenoxy) is 1. The number of carbonyl (C=O) groups is 1. The van der Waals surface area contributed by atoms with E-state index in [2.05, 4.69) is 27.7 Å². The molecule has 1 fully saturated rings. The molecule has 0 bridgehead atoms. The Morgan fingerprint density at radius 2 is 2.00 bits per heavy atom. The van der Waals surface area contributed by atoms with Gasteiger partial charge in [0.15, 0.2) is 5.78 Å². The number of Topliss-reactive ketones (excluding diaryl/α,β-unsaturated/α-hetero) is 1. The van der Waals surface area contributed by atoms with Crippen molar-refractivity contribution in [2.75, 3.05) is 6.61 Å². The average Bonchev–Trinajstić information content (AvgIpc) is 2.12. The van der Waals surface area contributed by atoms with E-state index in [9.17, 15) is 4.79 Å². The fraction of sp³-hybridized carbons (Fsp3) is 0.933. The maximum Gasteiger partial charge on any atom is 0.162 e. The molecule has 0 N–H and O–H groups in total. The van der Waals surface area contributed by atoms with Gasteiger partial charge in [0, 0.05) is 13.0 Å². The second-order valence-electron chi connectivity index (χ2n) is 6.60. The van der Waals surface area contributed by atoms with E-state index in [-0.39, 0.29) is 11.5 Å². The van der Waals surface area contributed by atoms with Gasteiger partial charge in [-0.05, 0) is 24.2 Å². The number of hydrogen-bond donors (Lipinski definition) is 0. The third-order valence-corrected chi connectivity index (χ3v) is 3.36. The zero-order valence-corrected chi connectivity index (χ0v) is 11.9. The van der Waals surface area contributed by atoms with E-state index in [1.165, 1.54) is 19.3 Å². The Bertz CT molecular complexity index is 236. The van der Waals surface area contributed by atoms with Crippen molar-refractivity contribution in [2.45, 2.75) is 72.3 Å². The fourth-order valence-corrected chi connectivity index (χ4v) is 2.22. The van der Waals surface area contributed by atoms with Crippen LogP contribution < -0.4 is 0 Å². The summed E-state index contributed by atoms with van der Waals surface area (Å²) in [6, 6.07) is 0. The molecule has 0 aromatic carbocycles. The molecule has 17 heavy (non-hydrogen) atoms. The van der Waals surface area contributed by atoms with Gasteiger partial charge in [-0.25, -0.2) is 0 Å². The Balaban J connectivity index is 2.44. The predicted octanol–water partition coefficient (Wildman–Crippen LogP) is 3.98. The molecule has 100 valence electrons. The van der Waals surface area contributed by atoms with Gasteiger partial charge in [0.1, 0.15) is 6.10 Å². The Kier molecular flexibility index (Phi) is 5.64. The molecule has 1 unspecified atom stereocenters. The number of ketones is 1. The summed E-state index contributed by atoms with van der Waals surface area (Å²) in [4.78, 5) is 12.2. The van der Waals surface area contributed by atoms with Crippen molar-refractivity contribution >= 4 is 5.78 Å². The molecule has 2 nitrogen and oxygen atoms in total. The van der Waals surface area contributed by atoms with Crippen molar-refractivity contribution in [1.29, 1.82) is 0 Å². The highest BCUT2D eigenvalue weighted by atomic mass is 16.5. The maximum absolute atomic E-state index is 12.2. The van der Waals surface area contributed by atoms with Gasteiger partial charge in [-0.3, -0.25) is 4.79 Å². The van der Waals surface area contributed by atoms with Crippen LogP contribution in [-0.2, 0) is 9.53 Å². The van der Waals surface area contributed by atoms with Crippen molar-refractivity contribution in [2.24, 2.45) is 11.3 Å². The number of carbonyl (C=O) groups excluding carboxylic acids is 1. The van der Waals surface area contributed by atoms with E-state index in [0.29, 0.717) is 18.8 Å². The van der Waals surface area contributed by atoms with Crippen molar-refractivity contribution in [3.63, 3.8) is 0 Å². The van der Waals surface area contributed by atoms with Gasteiger partial charge in [-0.15, -0.1) is 0 Å². The molecular weight excluding hydrogens is 212 g/mol. The summed E-state index contributed by atoms with van der Waals surface area (Å²) in [7, 11) is 0. The standard InChI is InChI=1S/C15H28O2/c1-5-9-17-14(10-12-7-6-8-12)13(16)11-15(2,3)4/h12,14H,5-11H2,1-4H3. The Morgan fingerprint density at radius 3 is 2.41 bits per heavy atom. The van der Waals surface area contributed by atoms with Crippen LogP contribution in [0.4, 0.5) is 0 Å². The van der Waals surface area contributed by atoms with Crippen LogP contribution in [0.3, 0.4) is 0 Å². The Labute approximate surface area is 106 Å². The van der Waals surface area contributed by atoms with Gasteiger partial charge in [0.05, 0.1) is 0 Å². The minimum absolute atomic E-state index is 0.0739. The van der Waals surface area contributed by atoms with Crippen molar-refractivity contribution < 1.29 is 9.53 Å². The van der Waals surface area contributed by atoms with Gasteiger partial charge in [0.25, 0.3) is 0 Å². The molecular formula is C15H28O2. The molecule has 0 saturated heterocycles. The monoisotopic (exact) mass is 240 g/mol. The molecule has 2 heteroatoms. The van der Waals surface area contributed by atoms with Crippen LogP contribution in [0.15, 0.2) is 0 Å². The second kappa shape index (κ2) is 6.53. The van der Waals surface area contributed by atoms with E-state index >= 15 is 0 Å². The first-order valence-electron chi connectivity index (χ1n) is 7.06. The average molecular weight is 240 g/mol. The van der Waals surface area contributed by atoms with Gasteiger partial charge in [-0.2, -0.15) is 0 Å². The SMILES string of the molecule is CCCOC(CC1CCC1)C(=O)CC(C)(C)C. The van der Waals surface area contributed by atoms with E-state index in [1.54, 1.807) is 0 Å². The number of hydrogen-bond acceptors (Lipinski definition) is 2. The van der Waals surface area contributed by atoms with Crippen LogP contribution >= 0.6 is 0 Å². The van der Waals surface area contributed by atoms with Crippen molar-refractivity contribution in [1.82, 2.24) is 0 Å². The lowest BCUT2D eigenvalue weighted by atomic mass is 9.79. The first kappa shape index (κ1) is 14.7. The topological polar surface area (TPSA) is 26.3 Å². The second-order valence-corrected chi connectivity index (χ2v) is 6.60. The van der Waals surface area contributed by atoms with Crippen LogP contribution in [-0.4, -0.2) is 18.5 Å². The summed E-state index contributed by atoms with van der Waals surface area (Å²) in [5, 5.41) is 0. The molecule has 0 spiro atoms. The van der Waals surface area contributed by atoms with Crippen LogP contribution in [0.1, 0.15) is 66.2 Å². The predicted molar refractivity (Wildman–Crippen MR) is 71.1 cm³/mol. The highest BCUT2D eigenvalue weighted by Gasteiger charge is 2.29. The van der Waals surface area contributed by atoms with E-state index in [4.69, 9.17) is 4.74 Å². The highest BCUT2D eigenvalue weighted by Crippen LogP contribution is 2.32. The molecule has 0 aromatic heterocycles. The quantitative estimate of drug-likeness (QED) is 0.673. The molecule has 0 aromatic rings. The lowest BCUT2D eigenvalue weighted by Gasteiger charge is -2.30. The Hall–Kier alpha value is -0.370. The molecule has 0 radical (unpaired) electrons.